The number of benzene rings is 1. The zero-order valence-electron chi connectivity index (χ0n) is 14.7. The molecule has 4 rings (SSSR count). The lowest BCUT2D eigenvalue weighted by Crippen LogP contribution is -2.48. The van der Waals surface area contributed by atoms with Gasteiger partial charge in [0, 0.05) is 37.1 Å². The molecule has 140 valence electrons. The van der Waals surface area contributed by atoms with Gasteiger partial charge in [0.2, 0.25) is 5.91 Å². The van der Waals surface area contributed by atoms with Gasteiger partial charge in [0.25, 0.3) is 0 Å². The SMILES string of the molecule is COc1c(Cl)ccc2sc(N3CCN(C(=O)/C=C/c4cccs4)CC3)nc12. The topological polar surface area (TPSA) is 45.7 Å². The van der Waals surface area contributed by atoms with E-state index in [2.05, 4.69) is 4.90 Å². The van der Waals surface area contributed by atoms with Gasteiger partial charge < -0.3 is 14.5 Å². The van der Waals surface area contributed by atoms with Gasteiger partial charge in [-0.25, -0.2) is 4.98 Å². The third kappa shape index (κ3) is 3.81. The molecule has 5 nitrogen and oxygen atoms in total. The summed E-state index contributed by atoms with van der Waals surface area (Å²) in [6.07, 6.45) is 3.54. The van der Waals surface area contributed by atoms with Crippen LogP contribution in [-0.2, 0) is 4.79 Å². The minimum Gasteiger partial charge on any atom is -0.493 e. The average molecular weight is 420 g/mol. The number of hydrogen-bond donors (Lipinski definition) is 0. The summed E-state index contributed by atoms with van der Waals surface area (Å²) in [5.41, 5.74) is 0.794. The highest BCUT2D eigenvalue weighted by Gasteiger charge is 2.23. The maximum absolute atomic E-state index is 12.4. The Labute approximate surface area is 170 Å². The number of piperazine rings is 1. The summed E-state index contributed by atoms with van der Waals surface area (Å²) < 4.78 is 6.44. The van der Waals surface area contributed by atoms with Crippen LogP contribution < -0.4 is 9.64 Å². The monoisotopic (exact) mass is 419 g/mol. The van der Waals surface area contributed by atoms with Gasteiger partial charge in [0.15, 0.2) is 10.9 Å². The molecule has 1 amide bonds. The Morgan fingerprint density at radius 3 is 2.78 bits per heavy atom. The second kappa shape index (κ2) is 7.88. The number of rotatable bonds is 4. The van der Waals surface area contributed by atoms with Gasteiger partial charge in [-0.15, -0.1) is 11.3 Å². The normalized spacial score (nSPS) is 15.0. The molecule has 1 aromatic carbocycles. The van der Waals surface area contributed by atoms with Crippen LogP contribution in [-0.4, -0.2) is 49.1 Å². The summed E-state index contributed by atoms with van der Waals surface area (Å²) in [5.74, 6) is 0.671. The minimum absolute atomic E-state index is 0.0563. The molecule has 0 N–H and O–H groups in total. The van der Waals surface area contributed by atoms with E-state index in [-0.39, 0.29) is 5.91 Å². The largest absolute Gasteiger partial charge is 0.493 e. The highest BCUT2D eigenvalue weighted by molar-refractivity contribution is 7.22. The summed E-state index contributed by atoms with van der Waals surface area (Å²) >= 11 is 9.44. The standard InChI is InChI=1S/C19H18ClN3O2S2/c1-25-18-14(20)5-6-15-17(18)21-19(27-15)23-10-8-22(9-11-23)16(24)7-4-13-3-2-12-26-13/h2-7,12H,8-11H2,1H3/b7-4+. The van der Waals surface area contributed by atoms with Crippen LogP contribution >= 0.6 is 34.3 Å². The van der Waals surface area contributed by atoms with Crippen molar-refractivity contribution in [1.82, 2.24) is 9.88 Å². The number of amides is 1. The predicted molar refractivity (Wildman–Crippen MR) is 113 cm³/mol. The van der Waals surface area contributed by atoms with Gasteiger partial charge >= 0.3 is 0 Å². The molecule has 2 aromatic heterocycles. The lowest BCUT2D eigenvalue weighted by atomic mass is 10.3. The quantitative estimate of drug-likeness (QED) is 0.588. The zero-order chi connectivity index (χ0) is 18.8. The molecular weight excluding hydrogens is 402 g/mol. The Morgan fingerprint density at radius 2 is 2.07 bits per heavy atom. The lowest BCUT2D eigenvalue weighted by molar-refractivity contribution is -0.126. The molecule has 0 unspecified atom stereocenters. The Hall–Kier alpha value is -2.09. The third-order valence-corrected chi connectivity index (χ3v) is 6.67. The number of anilines is 1. The molecule has 27 heavy (non-hydrogen) atoms. The fraction of sp³-hybridized carbons (Fsp3) is 0.263. The first-order chi connectivity index (χ1) is 13.2. The number of thiazole rings is 1. The molecule has 3 heterocycles. The van der Waals surface area contributed by atoms with Gasteiger partial charge in [-0.2, -0.15) is 0 Å². The predicted octanol–water partition coefficient (Wildman–Crippen LogP) is 4.38. The summed E-state index contributed by atoms with van der Waals surface area (Å²) in [6.45, 7) is 2.88. The van der Waals surface area contributed by atoms with Gasteiger partial charge in [-0.1, -0.05) is 29.0 Å². The molecule has 3 aromatic rings. The van der Waals surface area contributed by atoms with E-state index in [9.17, 15) is 4.79 Å². The van der Waals surface area contributed by atoms with Crippen molar-refractivity contribution in [1.29, 1.82) is 0 Å². The molecule has 1 saturated heterocycles. The van der Waals surface area contributed by atoms with Crippen molar-refractivity contribution in [2.75, 3.05) is 38.2 Å². The highest BCUT2D eigenvalue weighted by atomic mass is 35.5. The van der Waals surface area contributed by atoms with Crippen LogP contribution in [0, 0.1) is 0 Å². The maximum Gasteiger partial charge on any atom is 0.246 e. The fourth-order valence-corrected chi connectivity index (χ4v) is 4.89. The van der Waals surface area contributed by atoms with Crippen molar-refractivity contribution in [3.8, 4) is 5.75 Å². The molecule has 0 aliphatic carbocycles. The number of carbonyl (C=O) groups excluding carboxylic acids is 1. The third-order valence-electron chi connectivity index (χ3n) is 4.45. The van der Waals surface area contributed by atoms with Crippen molar-refractivity contribution in [2.45, 2.75) is 0 Å². The fourth-order valence-electron chi connectivity index (χ4n) is 3.03. The number of carbonyl (C=O) groups is 1. The Balaban J connectivity index is 1.43. The molecule has 8 heteroatoms. The Bertz CT molecular complexity index is 976. The molecule has 0 radical (unpaired) electrons. The van der Waals surface area contributed by atoms with Gasteiger partial charge in [0.05, 0.1) is 16.8 Å². The minimum atomic E-state index is 0.0563. The van der Waals surface area contributed by atoms with Crippen LogP contribution in [0.15, 0.2) is 35.7 Å². The summed E-state index contributed by atoms with van der Waals surface area (Å²) in [4.78, 5) is 22.3. The van der Waals surface area contributed by atoms with E-state index in [0.717, 1.165) is 33.3 Å². The second-order valence-corrected chi connectivity index (χ2v) is 8.48. The smallest absolute Gasteiger partial charge is 0.246 e. The number of ether oxygens (including phenoxy) is 1. The first kappa shape index (κ1) is 18.3. The Morgan fingerprint density at radius 1 is 1.26 bits per heavy atom. The van der Waals surface area contributed by atoms with Crippen LogP contribution in [0.25, 0.3) is 16.3 Å². The van der Waals surface area contributed by atoms with E-state index in [0.29, 0.717) is 23.9 Å². The molecule has 1 aliphatic rings. The van der Waals surface area contributed by atoms with Crippen LogP contribution in [0.5, 0.6) is 5.75 Å². The number of hydrogen-bond acceptors (Lipinski definition) is 6. The summed E-state index contributed by atoms with van der Waals surface area (Å²) in [6, 6.07) is 7.78. The second-order valence-electron chi connectivity index (χ2n) is 6.08. The summed E-state index contributed by atoms with van der Waals surface area (Å²) in [7, 11) is 1.60. The van der Waals surface area contributed by atoms with Crippen LogP contribution in [0.1, 0.15) is 4.88 Å². The molecule has 0 bridgehead atoms. The van der Waals surface area contributed by atoms with E-state index < -0.39 is 0 Å². The van der Waals surface area contributed by atoms with Crippen molar-refractivity contribution in [3.05, 3.63) is 45.6 Å². The zero-order valence-corrected chi connectivity index (χ0v) is 17.1. The van der Waals surface area contributed by atoms with E-state index in [1.807, 2.05) is 40.6 Å². The number of thiophene rings is 1. The Kier molecular flexibility index (Phi) is 5.33. The first-order valence-electron chi connectivity index (χ1n) is 8.54. The van der Waals surface area contributed by atoms with Crippen molar-refractivity contribution in [3.63, 3.8) is 0 Å². The number of nitrogens with zero attached hydrogens (tertiary/aromatic N) is 3. The number of methoxy groups -OCH3 is 1. The van der Waals surface area contributed by atoms with Gasteiger partial charge in [-0.3, -0.25) is 4.79 Å². The molecular formula is C19H18ClN3O2S2. The van der Waals surface area contributed by atoms with Crippen LogP contribution in [0.2, 0.25) is 5.02 Å². The summed E-state index contributed by atoms with van der Waals surface area (Å²) in [5, 5.41) is 3.50. The molecule has 0 spiro atoms. The highest BCUT2D eigenvalue weighted by Crippen LogP contribution is 2.38. The molecule has 0 saturated carbocycles. The molecule has 0 atom stereocenters. The van der Waals surface area contributed by atoms with Crippen molar-refractivity contribution in [2.24, 2.45) is 0 Å². The van der Waals surface area contributed by atoms with Crippen LogP contribution in [0.3, 0.4) is 0 Å². The van der Waals surface area contributed by atoms with E-state index >= 15 is 0 Å². The van der Waals surface area contributed by atoms with Gasteiger partial charge in [-0.05, 0) is 29.7 Å². The van der Waals surface area contributed by atoms with Crippen molar-refractivity contribution < 1.29 is 9.53 Å². The van der Waals surface area contributed by atoms with E-state index in [1.165, 1.54) is 0 Å². The number of aromatic nitrogens is 1. The number of fused-ring (bicyclic) bond motifs is 1. The van der Waals surface area contributed by atoms with Crippen LogP contribution in [0.4, 0.5) is 5.13 Å². The van der Waals surface area contributed by atoms with E-state index in [4.69, 9.17) is 21.3 Å². The van der Waals surface area contributed by atoms with E-state index in [1.54, 1.807) is 35.9 Å². The van der Waals surface area contributed by atoms with Gasteiger partial charge in [0.1, 0.15) is 5.52 Å². The molecule has 1 fully saturated rings. The van der Waals surface area contributed by atoms with Crippen molar-refractivity contribution >= 4 is 61.6 Å². The first-order valence-corrected chi connectivity index (χ1v) is 10.6. The number of halogens is 1. The molecule has 1 aliphatic heterocycles. The lowest BCUT2D eigenvalue weighted by Gasteiger charge is -2.34. The maximum atomic E-state index is 12.4. The average Bonchev–Trinajstić information content (AvgIpc) is 3.36.